The third-order valence-corrected chi connectivity index (χ3v) is 10.4. The molecule has 5 nitrogen and oxygen atoms in total. The standard InChI is InChI=1S/C28H40O5/c1-14(2)15(3)7-8-16(4)19-11-20(30)18-13-26(19,5)24(32)21-22(18)27(6)10-9-17(29)12-28(27)25(33-28)23(21)31/h7-8,14-20,25,29-30H,9-13H2,1-6H3. The van der Waals surface area contributed by atoms with Crippen LogP contribution in [0.1, 0.15) is 73.6 Å². The molecule has 1 saturated heterocycles. The number of hydrogen-bond acceptors (Lipinski definition) is 5. The lowest BCUT2D eigenvalue weighted by atomic mass is 9.45. The minimum Gasteiger partial charge on any atom is -0.393 e. The first kappa shape index (κ1) is 23.4. The van der Waals surface area contributed by atoms with E-state index in [9.17, 15) is 19.8 Å². The van der Waals surface area contributed by atoms with Crippen LogP contribution in [0.4, 0.5) is 0 Å². The molecule has 0 aromatic carbocycles. The van der Waals surface area contributed by atoms with Crippen molar-refractivity contribution in [1.29, 1.82) is 0 Å². The van der Waals surface area contributed by atoms with Gasteiger partial charge in [0.25, 0.3) is 0 Å². The quantitative estimate of drug-likeness (QED) is 0.379. The number of hydrogen-bond donors (Lipinski definition) is 2. The van der Waals surface area contributed by atoms with Crippen LogP contribution in [0.5, 0.6) is 0 Å². The highest BCUT2D eigenvalue weighted by Crippen LogP contribution is 2.70. The van der Waals surface area contributed by atoms with E-state index >= 15 is 0 Å². The molecule has 33 heavy (non-hydrogen) atoms. The summed E-state index contributed by atoms with van der Waals surface area (Å²) in [6, 6.07) is 0. The van der Waals surface area contributed by atoms with Crippen LogP contribution in [-0.4, -0.2) is 45.7 Å². The van der Waals surface area contributed by atoms with Crippen LogP contribution in [0.3, 0.4) is 0 Å². The van der Waals surface area contributed by atoms with Crippen molar-refractivity contribution >= 4 is 11.6 Å². The second kappa shape index (κ2) is 7.35. The van der Waals surface area contributed by atoms with E-state index in [1.54, 1.807) is 0 Å². The molecule has 10 atom stereocenters. The van der Waals surface area contributed by atoms with Crippen molar-refractivity contribution < 1.29 is 24.5 Å². The van der Waals surface area contributed by atoms with Crippen molar-refractivity contribution in [2.75, 3.05) is 0 Å². The summed E-state index contributed by atoms with van der Waals surface area (Å²) >= 11 is 0. The minimum atomic E-state index is -0.700. The van der Waals surface area contributed by atoms with Gasteiger partial charge in [0, 0.05) is 23.2 Å². The maximum absolute atomic E-state index is 14.1. The Morgan fingerprint density at radius 1 is 1.06 bits per heavy atom. The van der Waals surface area contributed by atoms with Gasteiger partial charge in [0.05, 0.1) is 17.8 Å². The Labute approximate surface area is 197 Å². The lowest BCUT2D eigenvalue weighted by Gasteiger charge is -2.57. The first-order valence-corrected chi connectivity index (χ1v) is 12.9. The third kappa shape index (κ3) is 3.01. The van der Waals surface area contributed by atoms with E-state index in [0.29, 0.717) is 49.5 Å². The molecule has 0 radical (unpaired) electrons. The molecule has 2 saturated carbocycles. The molecule has 3 fully saturated rings. The van der Waals surface area contributed by atoms with E-state index in [4.69, 9.17) is 4.74 Å². The van der Waals surface area contributed by atoms with Gasteiger partial charge in [-0.15, -0.1) is 0 Å². The van der Waals surface area contributed by atoms with E-state index in [0.717, 1.165) is 5.57 Å². The van der Waals surface area contributed by atoms with E-state index in [-0.39, 0.29) is 29.3 Å². The molecule has 5 heteroatoms. The van der Waals surface area contributed by atoms with Crippen molar-refractivity contribution in [2.45, 2.75) is 97.6 Å². The summed E-state index contributed by atoms with van der Waals surface area (Å²) in [5.74, 6) is 0.666. The first-order chi connectivity index (χ1) is 15.4. The number of carbonyl (C=O) groups excluding carboxylic acids is 2. The normalized spacial score (nSPS) is 48.5. The zero-order valence-electron chi connectivity index (χ0n) is 20.9. The van der Waals surface area contributed by atoms with Crippen molar-refractivity contribution in [3.8, 4) is 0 Å². The fraction of sp³-hybridized carbons (Fsp3) is 0.786. The zero-order chi connectivity index (χ0) is 24.1. The summed E-state index contributed by atoms with van der Waals surface area (Å²) in [4.78, 5) is 27.7. The summed E-state index contributed by atoms with van der Waals surface area (Å²) in [5.41, 5.74) is -0.663. The van der Waals surface area contributed by atoms with Gasteiger partial charge in [-0.3, -0.25) is 9.59 Å². The molecule has 1 aliphatic heterocycles. The molecule has 0 aromatic rings. The summed E-state index contributed by atoms with van der Waals surface area (Å²) in [6.07, 6.45) is 5.66. The monoisotopic (exact) mass is 456 g/mol. The molecular formula is C28H40O5. The predicted molar refractivity (Wildman–Crippen MR) is 125 cm³/mol. The van der Waals surface area contributed by atoms with E-state index in [1.807, 2.05) is 6.92 Å². The first-order valence-electron chi connectivity index (χ1n) is 12.9. The number of aliphatic hydroxyl groups is 2. The molecule has 1 heterocycles. The average molecular weight is 457 g/mol. The summed E-state index contributed by atoms with van der Waals surface area (Å²) in [6.45, 7) is 12.9. The van der Waals surface area contributed by atoms with Gasteiger partial charge in [-0.2, -0.15) is 0 Å². The van der Waals surface area contributed by atoms with Gasteiger partial charge in [-0.05, 0) is 54.9 Å². The molecule has 0 amide bonds. The van der Waals surface area contributed by atoms with Crippen LogP contribution < -0.4 is 0 Å². The molecule has 4 aliphatic carbocycles. The van der Waals surface area contributed by atoms with Gasteiger partial charge in [-0.1, -0.05) is 53.7 Å². The van der Waals surface area contributed by atoms with E-state index < -0.39 is 34.7 Å². The fourth-order valence-electron chi connectivity index (χ4n) is 7.86. The summed E-state index contributed by atoms with van der Waals surface area (Å²) < 4.78 is 6.08. The Hall–Kier alpha value is -1.30. The Bertz CT molecular complexity index is 948. The highest BCUT2D eigenvalue weighted by atomic mass is 16.6. The largest absolute Gasteiger partial charge is 0.393 e. The topological polar surface area (TPSA) is 87.1 Å². The number of fused-ring (bicyclic) bond motifs is 4. The highest BCUT2D eigenvalue weighted by molar-refractivity contribution is 6.26. The van der Waals surface area contributed by atoms with Crippen molar-refractivity contribution in [2.24, 2.45) is 40.4 Å². The smallest absolute Gasteiger partial charge is 0.198 e. The van der Waals surface area contributed by atoms with Gasteiger partial charge in [-0.25, -0.2) is 0 Å². The number of epoxide rings is 1. The van der Waals surface area contributed by atoms with Crippen LogP contribution >= 0.6 is 0 Å². The molecule has 182 valence electrons. The lowest BCUT2D eigenvalue weighted by Crippen LogP contribution is -2.61. The molecule has 5 rings (SSSR count). The van der Waals surface area contributed by atoms with Crippen molar-refractivity contribution in [3.63, 3.8) is 0 Å². The zero-order valence-corrected chi connectivity index (χ0v) is 20.9. The van der Waals surface area contributed by atoms with E-state index in [2.05, 4.69) is 46.8 Å². The molecule has 10 unspecified atom stereocenters. The SMILES string of the molecule is CC(C)C(C)C=CC(C)C1CC(O)C2CC1(C)C(=O)C1=C2C2(C)CCC(O)CC23OC3C1=O. The molecular weight excluding hydrogens is 416 g/mol. The number of aliphatic hydroxyl groups excluding tert-OH is 2. The van der Waals surface area contributed by atoms with Gasteiger partial charge in [0.15, 0.2) is 17.7 Å². The maximum Gasteiger partial charge on any atom is 0.198 e. The predicted octanol–water partition coefficient (Wildman–Crippen LogP) is 4.01. The number of rotatable bonds is 4. The number of Topliss-reactive ketones (excluding diaryl/α,β-unsaturated/α-hetero) is 2. The Kier molecular flexibility index (Phi) is 5.22. The Balaban J connectivity index is 1.55. The lowest BCUT2D eigenvalue weighted by molar-refractivity contribution is -0.141. The third-order valence-electron chi connectivity index (χ3n) is 10.4. The fourth-order valence-corrected chi connectivity index (χ4v) is 7.86. The number of ketones is 2. The maximum atomic E-state index is 14.1. The van der Waals surface area contributed by atoms with E-state index in [1.165, 1.54) is 0 Å². The highest BCUT2D eigenvalue weighted by Gasteiger charge is 2.78. The molecule has 1 spiro atoms. The Morgan fingerprint density at radius 2 is 1.76 bits per heavy atom. The average Bonchev–Trinajstić information content (AvgIpc) is 3.48. The van der Waals surface area contributed by atoms with Gasteiger partial charge >= 0.3 is 0 Å². The second-order valence-electron chi connectivity index (χ2n) is 12.6. The number of allylic oxidation sites excluding steroid dienone is 2. The summed E-state index contributed by atoms with van der Waals surface area (Å²) in [5, 5.41) is 21.8. The van der Waals surface area contributed by atoms with Gasteiger partial charge < -0.3 is 14.9 Å². The second-order valence-corrected chi connectivity index (χ2v) is 12.6. The molecule has 0 aromatic heterocycles. The van der Waals surface area contributed by atoms with Crippen molar-refractivity contribution in [3.05, 3.63) is 23.3 Å². The van der Waals surface area contributed by atoms with Crippen molar-refractivity contribution in [1.82, 2.24) is 0 Å². The minimum absolute atomic E-state index is 0.0125. The number of carbonyl (C=O) groups is 2. The number of ether oxygens (including phenoxy) is 1. The van der Waals surface area contributed by atoms with Crippen LogP contribution in [0.15, 0.2) is 23.3 Å². The summed E-state index contributed by atoms with van der Waals surface area (Å²) in [7, 11) is 0. The van der Waals surface area contributed by atoms with Crippen LogP contribution in [-0.2, 0) is 14.3 Å². The van der Waals surface area contributed by atoms with Crippen LogP contribution in [0.2, 0.25) is 0 Å². The van der Waals surface area contributed by atoms with Crippen LogP contribution in [0, 0.1) is 40.4 Å². The van der Waals surface area contributed by atoms with Crippen LogP contribution in [0.25, 0.3) is 0 Å². The Morgan fingerprint density at radius 3 is 2.42 bits per heavy atom. The molecule has 5 aliphatic rings. The molecule has 2 N–H and O–H groups in total. The van der Waals surface area contributed by atoms with Gasteiger partial charge in [0.2, 0.25) is 0 Å². The van der Waals surface area contributed by atoms with Gasteiger partial charge in [0.1, 0.15) is 5.60 Å². The molecule has 2 bridgehead atoms.